The van der Waals surface area contributed by atoms with Gasteiger partial charge in [-0.1, -0.05) is 25.1 Å². The number of para-hydroxylation sites is 1. The highest BCUT2D eigenvalue weighted by molar-refractivity contribution is 5.97. The van der Waals surface area contributed by atoms with Crippen molar-refractivity contribution in [2.45, 2.75) is 32.8 Å². The zero-order valence-corrected chi connectivity index (χ0v) is 9.73. The molecule has 1 aromatic rings. The van der Waals surface area contributed by atoms with Crippen molar-refractivity contribution in [1.82, 2.24) is 0 Å². The molecule has 16 heavy (non-hydrogen) atoms. The number of hydrogen-bond donors (Lipinski definition) is 1. The number of aryl methyl sites for hydroxylation is 2. The number of nitrogens with zero attached hydrogens (tertiary/aromatic N) is 1. The number of carbonyl (C=O) groups excluding carboxylic acids is 1. The van der Waals surface area contributed by atoms with E-state index in [-0.39, 0.29) is 12.3 Å². The maximum atomic E-state index is 11.8. The van der Waals surface area contributed by atoms with Gasteiger partial charge in [0.15, 0.2) is 0 Å². The summed E-state index contributed by atoms with van der Waals surface area (Å²) in [6, 6.07) is 6.06. The quantitative estimate of drug-likeness (QED) is 0.821. The molecule has 0 radical (unpaired) electrons. The number of carbonyl (C=O) groups is 1. The van der Waals surface area contributed by atoms with Crippen LogP contribution in [0.1, 0.15) is 24.5 Å². The zero-order chi connectivity index (χ0) is 11.7. The first-order chi connectivity index (χ1) is 7.63. The Labute approximate surface area is 95.7 Å². The Kier molecular flexibility index (Phi) is 2.97. The van der Waals surface area contributed by atoms with Crippen molar-refractivity contribution in [3.8, 4) is 0 Å². The third-order valence-electron chi connectivity index (χ3n) is 3.08. The Morgan fingerprint density at radius 2 is 2.25 bits per heavy atom. The van der Waals surface area contributed by atoms with Crippen LogP contribution in [0.25, 0.3) is 0 Å². The van der Waals surface area contributed by atoms with Gasteiger partial charge in [-0.25, -0.2) is 0 Å². The Morgan fingerprint density at radius 1 is 1.50 bits per heavy atom. The van der Waals surface area contributed by atoms with E-state index in [0.717, 1.165) is 17.7 Å². The van der Waals surface area contributed by atoms with Gasteiger partial charge in [0, 0.05) is 5.69 Å². The molecular weight excluding hydrogens is 202 g/mol. The second-order valence-electron chi connectivity index (χ2n) is 4.30. The minimum Gasteiger partial charge on any atom is -0.391 e. The fourth-order valence-electron chi connectivity index (χ4n) is 2.30. The lowest BCUT2D eigenvalue weighted by Crippen LogP contribution is -2.27. The smallest absolute Gasteiger partial charge is 0.229 e. The highest BCUT2D eigenvalue weighted by Gasteiger charge is 2.30. The van der Waals surface area contributed by atoms with Crippen molar-refractivity contribution >= 4 is 11.6 Å². The fourth-order valence-corrected chi connectivity index (χ4v) is 2.30. The van der Waals surface area contributed by atoms with Gasteiger partial charge in [-0.15, -0.1) is 0 Å². The second kappa shape index (κ2) is 4.26. The van der Waals surface area contributed by atoms with E-state index in [4.69, 9.17) is 0 Å². The van der Waals surface area contributed by atoms with E-state index in [2.05, 4.69) is 6.92 Å². The molecule has 1 amide bonds. The number of hydrogen-bond acceptors (Lipinski definition) is 2. The molecule has 1 N–H and O–H groups in total. The van der Waals surface area contributed by atoms with Crippen molar-refractivity contribution in [3.05, 3.63) is 29.3 Å². The van der Waals surface area contributed by atoms with Crippen LogP contribution >= 0.6 is 0 Å². The monoisotopic (exact) mass is 219 g/mol. The molecule has 0 bridgehead atoms. The van der Waals surface area contributed by atoms with Crippen molar-refractivity contribution in [1.29, 1.82) is 0 Å². The van der Waals surface area contributed by atoms with Gasteiger partial charge in [0.25, 0.3) is 0 Å². The predicted molar refractivity (Wildman–Crippen MR) is 63.5 cm³/mol. The number of benzene rings is 1. The molecule has 1 saturated heterocycles. The lowest BCUT2D eigenvalue weighted by Gasteiger charge is -2.21. The van der Waals surface area contributed by atoms with Gasteiger partial charge in [-0.05, 0) is 24.5 Å². The van der Waals surface area contributed by atoms with Gasteiger partial charge in [0.1, 0.15) is 0 Å². The standard InChI is InChI=1S/C13H17NO2/c1-3-10-6-4-5-9(2)13(10)14-8-11(15)7-12(14)16/h4-6,11,15H,3,7-8H2,1-2H3. The molecule has 3 nitrogen and oxygen atoms in total. The molecule has 1 fully saturated rings. The summed E-state index contributed by atoms with van der Waals surface area (Å²) < 4.78 is 0. The van der Waals surface area contributed by atoms with E-state index in [1.165, 1.54) is 5.56 Å². The van der Waals surface area contributed by atoms with E-state index >= 15 is 0 Å². The van der Waals surface area contributed by atoms with Crippen LogP contribution in [0.5, 0.6) is 0 Å². The number of β-amino-alcohol motifs (C(OH)–C–C–N with tert-alkyl or cyclic N) is 1. The number of anilines is 1. The summed E-state index contributed by atoms with van der Waals surface area (Å²) in [5.74, 6) is 0.0245. The van der Waals surface area contributed by atoms with E-state index in [1.54, 1.807) is 4.90 Å². The Balaban J connectivity index is 2.43. The van der Waals surface area contributed by atoms with Crippen LogP contribution in [0.4, 0.5) is 5.69 Å². The van der Waals surface area contributed by atoms with E-state index in [0.29, 0.717) is 6.54 Å². The molecule has 86 valence electrons. The minimum absolute atomic E-state index is 0.0245. The average Bonchev–Trinajstić information content (AvgIpc) is 2.57. The van der Waals surface area contributed by atoms with Gasteiger partial charge in [0.05, 0.1) is 19.1 Å². The third kappa shape index (κ3) is 1.83. The molecule has 1 unspecified atom stereocenters. The number of amides is 1. The minimum atomic E-state index is -0.517. The van der Waals surface area contributed by atoms with Gasteiger partial charge < -0.3 is 10.0 Å². The summed E-state index contributed by atoms with van der Waals surface area (Å²) in [4.78, 5) is 13.5. The van der Waals surface area contributed by atoms with Crippen LogP contribution in [0.15, 0.2) is 18.2 Å². The lowest BCUT2D eigenvalue weighted by molar-refractivity contribution is -0.117. The number of aliphatic hydroxyl groups excluding tert-OH is 1. The Bertz CT molecular complexity index is 414. The third-order valence-corrected chi connectivity index (χ3v) is 3.08. The maximum absolute atomic E-state index is 11.8. The molecule has 1 atom stereocenters. The first-order valence-corrected chi connectivity index (χ1v) is 5.70. The van der Waals surface area contributed by atoms with Crippen molar-refractivity contribution in [2.24, 2.45) is 0 Å². The fraction of sp³-hybridized carbons (Fsp3) is 0.462. The molecule has 1 aliphatic heterocycles. The van der Waals surface area contributed by atoms with E-state index < -0.39 is 6.10 Å². The Morgan fingerprint density at radius 3 is 2.81 bits per heavy atom. The summed E-state index contributed by atoms with van der Waals surface area (Å²) in [6.07, 6.45) is 0.630. The van der Waals surface area contributed by atoms with Crippen LogP contribution in [0, 0.1) is 6.92 Å². The van der Waals surface area contributed by atoms with Crippen LogP contribution in [0.3, 0.4) is 0 Å². The van der Waals surface area contributed by atoms with Gasteiger partial charge in [0.2, 0.25) is 5.91 Å². The topological polar surface area (TPSA) is 40.5 Å². The molecule has 1 aliphatic rings. The van der Waals surface area contributed by atoms with Gasteiger partial charge >= 0.3 is 0 Å². The molecule has 1 aromatic carbocycles. The molecule has 0 aliphatic carbocycles. The Hall–Kier alpha value is -1.35. The van der Waals surface area contributed by atoms with Crippen LogP contribution < -0.4 is 4.90 Å². The van der Waals surface area contributed by atoms with E-state index in [9.17, 15) is 9.90 Å². The second-order valence-corrected chi connectivity index (χ2v) is 4.30. The highest BCUT2D eigenvalue weighted by Crippen LogP contribution is 2.29. The summed E-state index contributed by atoms with van der Waals surface area (Å²) >= 11 is 0. The first-order valence-electron chi connectivity index (χ1n) is 5.70. The number of aliphatic hydroxyl groups is 1. The molecule has 0 aromatic heterocycles. The predicted octanol–water partition coefficient (Wildman–Crippen LogP) is 1.66. The van der Waals surface area contributed by atoms with Crippen molar-refractivity contribution in [2.75, 3.05) is 11.4 Å². The van der Waals surface area contributed by atoms with Gasteiger partial charge in [-0.3, -0.25) is 4.79 Å². The largest absolute Gasteiger partial charge is 0.391 e. The SMILES string of the molecule is CCc1cccc(C)c1N1CC(O)CC1=O. The van der Waals surface area contributed by atoms with Crippen LogP contribution in [0.2, 0.25) is 0 Å². The first kappa shape index (κ1) is 11.1. The maximum Gasteiger partial charge on any atom is 0.229 e. The molecule has 0 spiro atoms. The lowest BCUT2D eigenvalue weighted by atomic mass is 10.0. The summed E-state index contributed by atoms with van der Waals surface area (Å²) in [5, 5.41) is 9.52. The normalized spacial score (nSPS) is 20.6. The van der Waals surface area contributed by atoms with Crippen molar-refractivity contribution < 1.29 is 9.90 Å². The van der Waals surface area contributed by atoms with Crippen LogP contribution in [-0.2, 0) is 11.2 Å². The molecule has 0 saturated carbocycles. The molecule has 1 heterocycles. The van der Waals surface area contributed by atoms with Crippen molar-refractivity contribution in [3.63, 3.8) is 0 Å². The van der Waals surface area contributed by atoms with Gasteiger partial charge in [-0.2, -0.15) is 0 Å². The molecule has 3 heteroatoms. The van der Waals surface area contributed by atoms with Crippen LogP contribution in [-0.4, -0.2) is 23.7 Å². The van der Waals surface area contributed by atoms with E-state index in [1.807, 2.05) is 25.1 Å². The molecular formula is C13H17NO2. The molecule has 2 rings (SSSR count). The number of rotatable bonds is 2. The highest BCUT2D eigenvalue weighted by atomic mass is 16.3. The average molecular weight is 219 g/mol. The summed E-state index contributed by atoms with van der Waals surface area (Å²) in [5.41, 5.74) is 3.26. The summed E-state index contributed by atoms with van der Waals surface area (Å²) in [7, 11) is 0. The zero-order valence-electron chi connectivity index (χ0n) is 9.73. The summed E-state index contributed by atoms with van der Waals surface area (Å²) in [6.45, 7) is 4.51.